The first-order valence-electron chi connectivity index (χ1n) is 7.03. The molecule has 1 aliphatic heterocycles. The van der Waals surface area contributed by atoms with Crippen molar-refractivity contribution in [3.05, 3.63) is 29.8 Å². The SMILES string of the molecule is CC(C)(C)C1CCN(C(=O)c2ccc(N)cc2)CC1. The van der Waals surface area contributed by atoms with Gasteiger partial charge in [-0.15, -0.1) is 0 Å². The Kier molecular flexibility index (Phi) is 3.83. The molecule has 1 aliphatic rings. The average molecular weight is 260 g/mol. The number of nitrogen functional groups attached to an aromatic ring is 1. The third-order valence-corrected chi connectivity index (χ3v) is 4.16. The van der Waals surface area contributed by atoms with Crippen LogP contribution in [0.15, 0.2) is 24.3 Å². The van der Waals surface area contributed by atoms with Crippen molar-refractivity contribution in [2.45, 2.75) is 33.6 Å². The summed E-state index contributed by atoms with van der Waals surface area (Å²) in [5.41, 5.74) is 7.43. The van der Waals surface area contributed by atoms with Crippen LogP contribution in [0.2, 0.25) is 0 Å². The first-order chi connectivity index (χ1) is 8.88. The lowest BCUT2D eigenvalue weighted by molar-refractivity contribution is 0.0609. The molecule has 104 valence electrons. The topological polar surface area (TPSA) is 46.3 Å². The molecule has 1 saturated heterocycles. The van der Waals surface area contributed by atoms with E-state index < -0.39 is 0 Å². The second kappa shape index (κ2) is 5.24. The molecule has 0 unspecified atom stereocenters. The Bertz CT molecular complexity index is 437. The number of nitrogens with two attached hydrogens (primary N) is 1. The molecule has 19 heavy (non-hydrogen) atoms. The molecule has 0 bridgehead atoms. The highest BCUT2D eigenvalue weighted by molar-refractivity contribution is 5.94. The number of anilines is 1. The largest absolute Gasteiger partial charge is 0.399 e. The monoisotopic (exact) mass is 260 g/mol. The van der Waals surface area contributed by atoms with E-state index in [1.807, 2.05) is 17.0 Å². The highest BCUT2D eigenvalue weighted by Gasteiger charge is 2.30. The fourth-order valence-corrected chi connectivity index (χ4v) is 2.76. The third kappa shape index (κ3) is 3.28. The summed E-state index contributed by atoms with van der Waals surface area (Å²) in [5, 5.41) is 0. The van der Waals surface area contributed by atoms with Gasteiger partial charge >= 0.3 is 0 Å². The summed E-state index contributed by atoms with van der Waals surface area (Å²) >= 11 is 0. The van der Waals surface area contributed by atoms with Gasteiger partial charge in [-0.25, -0.2) is 0 Å². The van der Waals surface area contributed by atoms with Gasteiger partial charge in [0.2, 0.25) is 0 Å². The number of hydrogen-bond donors (Lipinski definition) is 1. The summed E-state index contributed by atoms with van der Waals surface area (Å²) in [7, 11) is 0. The molecule has 0 aromatic heterocycles. The zero-order chi connectivity index (χ0) is 14.0. The van der Waals surface area contributed by atoms with Crippen molar-refractivity contribution in [3.63, 3.8) is 0 Å². The van der Waals surface area contributed by atoms with Crippen molar-refractivity contribution in [3.8, 4) is 0 Å². The summed E-state index contributed by atoms with van der Waals surface area (Å²) in [5.74, 6) is 0.843. The van der Waals surface area contributed by atoms with Gasteiger partial charge < -0.3 is 10.6 Å². The Labute approximate surface area is 115 Å². The number of nitrogens with zero attached hydrogens (tertiary/aromatic N) is 1. The van der Waals surface area contributed by atoms with E-state index in [-0.39, 0.29) is 5.91 Å². The molecule has 1 aromatic rings. The van der Waals surface area contributed by atoms with Gasteiger partial charge in [-0.05, 0) is 48.4 Å². The van der Waals surface area contributed by atoms with E-state index in [9.17, 15) is 4.79 Å². The Hall–Kier alpha value is -1.51. The summed E-state index contributed by atoms with van der Waals surface area (Å²) in [4.78, 5) is 14.3. The number of carbonyl (C=O) groups is 1. The number of piperidine rings is 1. The van der Waals surface area contributed by atoms with Crippen LogP contribution in [0, 0.1) is 11.3 Å². The molecule has 2 rings (SSSR count). The van der Waals surface area contributed by atoms with Gasteiger partial charge in [-0.3, -0.25) is 4.79 Å². The second-order valence-electron chi connectivity index (χ2n) is 6.55. The zero-order valence-electron chi connectivity index (χ0n) is 12.1. The van der Waals surface area contributed by atoms with Gasteiger partial charge in [-0.2, -0.15) is 0 Å². The maximum atomic E-state index is 12.4. The molecule has 1 heterocycles. The fraction of sp³-hybridized carbons (Fsp3) is 0.562. The molecule has 1 amide bonds. The number of rotatable bonds is 1. The average Bonchev–Trinajstić information content (AvgIpc) is 2.38. The van der Waals surface area contributed by atoms with Crippen LogP contribution in [0.3, 0.4) is 0 Å². The Morgan fingerprint density at radius 3 is 2.16 bits per heavy atom. The quantitative estimate of drug-likeness (QED) is 0.788. The minimum atomic E-state index is 0.132. The molecule has 0 saturated carbocycles. The highest BCUT2D eigenvalue weighted by atomic mass is 16.2. The van der Waals surface area contributed by atoms with Crippen molar-refractivity contribution >= 4 is 11.6 Å². The second-order valence-corrected chi connectivity index (χ2v) is 6.55. The Morgan fingerprint density at radius 2 is 1.68 bits per heavy atom. The summed E-state index contributed by atoms with van der Waals surface area (Å²) in [6.07, 6.45) is 2.20. The Morgan fingerprint density at radius 1 is 1.16 bits per heavy atom. The number of amides is 1. The summed E-state index contributed by atoms with van der Waals surface area (Å²) < 4.78 is 0. The predicted octanol–water partition coefficient (Wildman–Crippen LogP) is 3.17. The van der Waals surface area contributed by atoms with E-state index in [4.69, 9.17) is 5.73 Å². The highest BCUT2D eigenvalue weighted by Crippen LogP contribution is 2.34. The molecule has 3 nitrogen and oxygen atoms in total. The van der Waals surface area contributed by atoms with Gasteiger partial charge in [0.1, 0.15) is 0 Å². The normalized spacial score (nSPS) is 17.5. The molecule has 2 N–H and O–H groups in total. The van der Waals surface area contributed by atoms with Crippen LogP contribution < -0.4 is 5.73 Å². The van der Waals surface area contributed by atoms with E-state index in [1.165, 1.54) is 0 Å². The van der Waals surface area contributed by atoms with Crippen LogP contribution in [-0.4, -0.2) is 23.9 Å². The van der Waals surface area contributed by atoms with Crippen molar-refractivity contribution in [1.82, 2.24) is 4.90 Å². The number of likely N-dealkylation sites (tertiary alicyclic amines) is 1. The van der Waals surface area contributed by atoms with E-state index in [1.54, 1.807) is 12.1 Å². The molecular formula is C16H24N2O. The Balaban J connectivity index is 1.98. The smallest absolute Gasteiger partial charge is 0.253 e. The van der Waals surface area contributed by atoms with Gasteiger partial charge in [0.25, 0.3) is 5.91 Å². The van der Waals surface area contributed by atoms with Crippen molar-refractivity contribution in [2.24, 2.45) is 11.3 Å². The molecular weight excluding hydrogens is 236 g/mol. The lowest BCUT2D eigenvalue weighted by Gasteiger charge is -2.38. The first kappa shape index (κ1) is 13.9. The molecule has 0 spiro atoms. The van der Waals surface area contributed by atoms with Crippen molar-refractivity contribution < 1.29 is 4.79 Å². The standard InChI is InChI=1S/C16H24N2O/c1-16(2,3)13-8-10-18(11-9-13)15(19)12-4-6-14(17)7-5-12/h4-7,13H,8-11,17H2,1-3H3. The zero-order valence-corrected chi connectivity index (χ0v) is 12.1. The van der Waals surface area contributed by atoms with Gasteiger partial charge in [0.05, 0.1) is 0 Å². The molecule has 1 aromatic carbocycles. The van der Waals surface area contributed by atoms with Crippen LogP contribution in [0.4, 0.5) is 5.69 Å². The minimum Gasteiger partial charge on any atom is -0.399 e. The van der Waals surface area contributed by atoms with Crippen LogP contribution in [0.5, 0.6) is 0 Å². The maximum absolute atomic E-state index is 12.4. The van der Waals surface area contributed by atoms with Crippen LogP contribution in [0.25, 0.3) is 0 Å². The lowest BCUT2D eigenvalue weighted by Crippen LogP contribution is -2.41. The van der Waals surface area contributed by atoms with E-state index in [0.717, 1.165) is 31.5 Å². The lowest BCUT2D eigenvalue weighted by atomic mass is 9.75. The van der Waals surface area contributed by atoms with E-state index in [0.29, 0.717) is 17.0 Å². The first-order valence-corrected chi connectivity index (χ1v) is 7.03. The van der Waals surface area contributed by atoms with Crippen LogP contribution >= 0.6 is 0 Å². The van der Waals surface area contributed by atoms with Crippen LogP contribution in [0.1, 0.15) is 44.0 Å². The van der Waals surface area contributed by atoms with Gasteiger partial charge in [0.15, 0.2) is 0 Å². The fourth-order valence-electron chi connectivity index (χ4n) is 2.76. The molecule has 0 atom stereocenters. The summed E-state index contributed by atoms with van der Waals surface area (Å²) in [6, 6.07) is 7.20. The third-order valence-electron chi connectivity index (χ3n) is 4.16. The van der Waals surface area contributed by atoms with Gasteiger partial charge in [-0.1, -0.05) is 20.8 Å². The van der Waals surface area contributed by atoms with Gasteiger partial charge in [0, 0.05) is 24.3 Å². The maximum Gasteiger partial charge on any atom is 0.253 e. The molecule has 3 heteroatoms. The van der Waals surface area contributed by atoms with Crippen molar-refractivity contribution in [1.29, 1.82) is 0 Å². The number of benzene rings is 1. The summed E-state index contributed by atoms with van der Waals surface area (Å²) in [6.45, 7) is 8.59. The predicted molar refractivity (Wildman–Crippen MR) is 78.9 cm³/mol. The molecule has 0 radical (unpaired) electrons. The van der Waals surface area contributed by atoms with E-state index >= 15 is 0 Å². The van der Waals surface area contributed by atoms with E-state index in [2.05, 4.69) is 20.8 Å². The number of carbonyl (C=O) groups excluding carboxylic acids is 1. The van der Waals surface area contributed by atoms with Crippen molar-refractivity contribution in [2.75, 3.05) is 18.8 Å². The minimum absolute atomic E-state index is 0.132. The molecule has 1 fully saturated rings. The number of hydrogen-bond acceptors (Lipinski definition) is 2. The van der Waals surface area contributed by atoms with Crippen LogP contribution in [-0.2, 0) is 0 Å². The molecule has 0 aliphatic carbocycles.